The zero-order chi connectivity index (χ0) is 18.4. The van der Waals surface area contributed by atoms with Crippen LogP contribution in [0.25, 0.3) is 9.15 Å². The van der Waals surface area contributed by atoms with Crippen LogP contribution in [0.3, 0.4) is 0 Å². The number of halogens is 4. The summed E-state index contributed by atoms with van der Waals surface area (Å²) in [5.41, 5.74) is 0.0931. The molecule has 25 heavy (non-hydrogen) atoms. The number of rotatable bonds is 2. The fourth-order valence-corrected chi connectivity index (χ4v) is 5.43. The van der Waals surface area contributed by atoms with E-state index in [-0.39, 0.29) is 0 Å². The molecule has 0 bridgehead atoms. The Labute approximate surface area is 161 Å². The van der Waals surface area contributed by atoms with Gasteiger partial charge >= 0.3 is 6.18 Å². The van der Waals surface area contributed by atoms with Crippen molar-refractivity contribution in [2.24, 2.45) is 5.41 Å². The average molecular weight is 477 g/mol. The minimum Gasteiger partial charge on any atom is -0.314 e. The first-order valence-corrected chi connectivity index (χ1v) is 9.49. The highest BCUT2D eigenvalue weighted by atomic mass is 127. The number of benzene rings is 1. The number of fused-ring (bicyclic) bond motifs is 1. The Hall–Kier alpha value is -1.35. The SMILES string of the molecule is CN1C(=O)[C@](C)(CC(F)(F)F)/C(=C(/I)c2cccs2)c2ccccc21. The summed E-state index contributed by atoms with van der Waals surface area (Å²) in [6.07, 6.45) is -5.64. The van der Waals surface area contributed by atoms with Crippen LogP contribution in [0.5, 0.6) is 0 Å². The molecule has 0 saturated heterocycles. The van der Waals surface area contributed by atoms with E-state index in [1.165, 1.54) is 30.2 Å². The second kappa shape index (κ2) is 6.42. The van der Waals surface area contributed by atoms with E-state index in [9.17, 15) is 18.0 Å². The number of alkyl halides is 3. The van der Waals surface area contributed by atoms with Crippen molar-refractivity contribution in [3.05, 3.63) is 52.2 Å². The Bertz CT molecular complexity index is 844. The number of anilines is 1. The molecule has 1 atom stereocenters. The lowest BCUT2D eigenvalue weighted by atomic mass is 9.71. The standard InChI is InChI=1S/C18H15F3INOS/c1-17(10-18(19,20)21)14(15(22)13-8-5-9-25-13)11-6-3-4-7-12(11)23(2)16(17)24/h3-9H,10H2,1-2H3/b15-14+/t17-/m1/s1. The normalized spacial score (nSPS) is 22.8. The van der Waals surface area contributed by atoms with Crippen molar-refractivity contribution in [1.29, 1.82) is 0 Å². The Morgan fingerprint density at radius 1 is 1.24 bits per heavy atom. The molecule has 1 aliphatic heterocycles. The monoisotopic (exact) mass is 477 g/mol. The Morgan fingerprint density at radius 2 is 1.92 bits per heavy atom. The molecule has 0 aliphatic carbocycles. The highest BCUT2D eigenvalue weighted by Gasteiger charge is 2.52. The maximum atomic E-state index is 13.3. The number of carbonyl (C=O) groups excluding carboxylic acids is 1. The lowest BCUT2D eigenvalue weighted by molar-refractivity contribution is -0.158. The number of hydrogen-bond donors (Lipinski definition) is 0. The summed E-state index contributed by atoms with van der Waals surface area (Å²) in [6.45, 7) is 1.40. The second-order valence-electron chi connectivity index (χ2n) is 6.17. The van der Waals surface area contributed by atoms with E-state index < -0.39 is 23.9 Å². The zero-order valence-corrected chi connectivity index (χ0v) is 16.5. The van der Waals surface area contributed by atoms with E-state index in [2.05, 4.69) is 22.6 Å². The fraction of sp³-hybridized carbons (Fsp3) is 0.278. The second-order valence-corrected chi connectivity index (χ2v) is 8.20. The first-order chi connectivity index (χ1) is 11.6. The molecule has 0 spiro atoms. The van der Waals surface area contributed by atoms with Crippen molar-refractivity contribution in [1.82, 2.24) is 0 Å². The molecule has 132 valence electrons. The van der Waals surface area contributed by atoms with Gasteiger partial charge in [-0.25, -0.2) is 0 Å². The number of nitrogens with zero attached hydrogens (tertiary/aromatic N) is 1. The Kier molecular flexibility index (Phi) is 4.74. The molecule has 3 rings (SSSR count). The molecule has 0 radical (unpaired) electrons. The van der Waals surface area contributed by atoms with Crippen molar-refractivity contribution in [3.63, 3.8) is 0 Å². The minimum atomic E-state index is -4.45. The topological polar surface area (TPSA) is 20.3 Å². The molecule has 7 heteroatoms. The van der Waals surface area contributed by atoms with E-state index >= 15 is 0 Å². The third-order valence-electron chi connectivity index (χ3n) is 4.37. The van der Waals surface area contributed by atoms with Gasteiger partial charge in [0.1, 0.15) is 0 Å². The largest absolute Gasteiger partial charge is 0.390 e. The van der Waals surface area contributed by atoms with Gasteiger partial charge in [0.15, 0.2) is 0 Å². The van der Waals surface area contributed by atoms with Crippen molar-refractivity contribution >= 4 is 54.7 Å². The summed E-state index contributed by atoms with van der Waals surface area (Å²) in [5, 5.41) is 1.87. The van der Waals surface area contributed by atoms with Gasteiger partial charge in [-0.2, -0.15) is 13.2 Å². The van der Waals surface area contributed by atoms with E-state index in [4.69, 9.17) is 0 Å². The molecule has 1 aromatic heterocycles. The Balaban J connectivity index is 2.33. The van der Waals surface area contributed by atoms with Gasteiger partial charge in [0.25, 0.3) is 0 Å². The van der Waals surface area contributed by atoms with E-state index in [1.54, 1.807) is 24.3 Å². The number of amides is 1. The number of para-hydroxylation sites is 1. The molecule has 0 N–H and O–H groups in total. The summed E-state index contributed by atoms with van der Waals surface area (Å²) in [4.78, 5) is 15.2. The zero-order valence-electron chi connectivity index (χ0n) is 13.5. The molecule has 1 aliphatic rings. The van der Waals surface area contributed by atoms with Gasteiger partial charge in [0.05, 0.1) is 17.5 Å². The van der Waals surface area contributed by atoms with E-state index in [0.29, 0.717) is 20.4 Å². The molecule has 2 aromatic rings. The summed E-state index contributed by atoms with van der Waals surface area (Å²) in [5.74, 6) is -0.538. The molecular weight excluding hydrogens is 462 g/mol. The highest BCUT2D eigenvalue weighted by Crippen LogP contribution is 2.54. The molecule has 1 aromatic carbocycles. The van der Waals surface area contributed by atoms with Crippen molar-refractivity contribution in [2.45, 2.75) is 19.5 Å². The number of hydrogen-bond acceptors (Lipinski definition) is 2. The van der Waals surface area contributed by atoms with Crippen molar-refractivity contribution in [3.8, 4) is 0 Å². The summed E-state index contributed by atoms with van der Waals surface area (Å²) >= 11 is 3.51. The maximum Gasteiger partial charge on any atom is 0.390 e. The fourth-order valence-electron chi connectivity index (χ4n) is 3.31. The average Bonchev–Trinajstić information content (AvgIpc) is 3.05. The van der Waals surface area contributed by atoms with Crippen LogP contribution in [0.4, 0.5) is 18.9 Å². The summed E-state index contributed by atoms with van der Waals surface area (Å²) in [6, 6.07) is 10.8. The quantitative estimate of drug-likeness (QED) is 0.487. The van der Waals surface area contributed by atoms with Crippen LogP contribution in [-0.4, -0.2) is 19.1 Å². The van der Waals surface area contributed by atoms with Gasteiger partial charge in [-0.05, 0) is 52.6 Å². The summed E-state index contributed by atoms with van der Waals surface area (Å²) in [7, 11) is 1.53. The Morgan fingerprint density at radius 3 is 2.52 bits per heavy atom. The van der Waals surface area contributed by atoms with E-state index in [1.807, 2.05) is 17.5 Å². The first-order valence-electron chi connectivity index (χ1n) is 7.53. The van der Waals surface area contributed by atoms with Crippen LogP contribution in [0, 0.1) is 5.41 Å². The predicted molar refractivity (Wildman–Crippen MR) is 104 cm³/mol. The summed E-state index contributed by atoms with van der Waals surface area (Å²) < 4.78 is 40.7. The highest BCUT2D eigenvalue weighted by molar-refractivity contribution is 14.1. The molecule has 0 unspecified atom stereocenters. The number of thiophene rings is 1. The van der Waals surface area contributed by atoms with Gasteiger partial charge in [0.2, 0.25) is 5.91 Å². The van der Waals surface area contributed by atoms with E-state index in [0.717, 1.165) is 4.88 Å². The molecule has 0 fully saturated rings. The smallest absolute Gasteiger partial charge is 0.314 e. The number of carbonyl (C=O) groups is 1. The molecule has 1 amide bonds. The van der Waals surface area contributed by atoms with Gasteiger partial charge in [-0.1, -0.05) is 24.3 Å². The lowest BCUT2D eigenvalue weighted by Crippen LogP contribution is -2.47. The van der Waals surface area contributed by atoms with Crippen molar-refractivity contribution < 1.29 is 18.0 Å². The van der Waals surface area contributed by atoms with Crippen LogP contribution in [0.2, 0.25) is 0 Å². The predicted octanol–water partition coefficient (Wildman–Crippen LogP) is 5.99. The van der Waals surface area contributed by atoms with Crippen LogP contribution >= 0.6 is 33.9 Å². The molecule has 2 heterocycles. The van der Waals surface area contributed by atoms with Gasteiger partial charge in [0, 0.05) is 21.1 Å². The molecular formula is C18H15F3INOS. The van der Waals surface area contributed by atoms with Crippen LogP contribution in [0.1, 0.15) is 23.8 Å². The molecule has 0 saturated carbocycles. The minimum absolute atomic E-state index is 0.451. The molecule has 2 nitrogen and oxygen atoms in total. The van der Waals surface area contributed by atoms with Crippen LogP contribution in [0.15, 0.2) is 41.8 Å². The van der Waals surface area contributed by atoms with Gasteiger partial charge in [-0.3, -0.25) is 4.79 Å². The third-order valence-corrected chi connectivity index (χ3v) is 6.75. The lowest BCUT2D eigenvalue weighted by Gasteiger charge is -2.42. The van der Waals surface area contributed by atoms with Gasteiger partial charge < -0.3 is 4.90 Å². The van der Waals surface area contributed by atoms with Gasteiger partial charge in [-0.15, -0.1) is 11.3 Å². The van der Waals surface area contributed by atoms with Crippen LogP contribution < -0.4 is 4.90 Å². The van der Waals surface area contributed by atoms with Crippen LogP contribution in [-0.2, 0) is 4.79 Å². The van der Waals surface area contributed by atoms with Crippen molar-refractivity contribution in [2.75, 3.05) is 11.9 Å². The third kappa shape index (κ3) is 3.23. The first kappa shape index (κ1) is 18.4. The maximum absolute atomic E-state index is 13.3.